The van der Waals surface area contributed by atoms with Gasteiger partial charge < -0.3 is 20.6 Å². The minimum absolute atomic E-state index is 0. The van der Waals surface area contributed by atoms with Crippen molar-refractivity contribution in [1.82, 2.24) is 15.5 Å². The molecule has 1 aliphatic rings. The largest absolute Gasteiger partial charge is 0.393 e. The third-order valence-corrected chi connectivity index (χ3v) is 4.68. The Hall–Kier alpha value is -0.380. The summed E-state index contributed by atoms with van der Waals surface area (Å²) in [5.74, 6) is 0.893. The highest BCUT2D eigenvalue weighted by molar-refractivity contribution is 14.0. The van der Waals surface area contributed by atoms with E-state index in [1.165, 1.54) is 4.88 Å². The average Bonchev–Trinajstić information content (AvgIpc) is 3.04. The van der Waals surface area contributed by atoms with Gasteiger partial charge in [-0.1, -0.05) is 6.07 Å². The van der Waals surface area contributed by atoms with Gasteiger partial charge in [0.15, 0.2) is 5.96 Å². The zero-order valence-corrected chi connectivity index (χ0v) is 17.0. The Morgan fingerprint density at radius 1 is 1.39 bits per heavy atom. The fourth-order valence-corrected chi connectivity index (χ4v) is 3.18. The highest BCUT2D eigenvalue weighted by Gasteiger charge is 2.15. The van der Waals surface area contributed by atoms with Crippen molar-refractivity contribution in [2.24, 2.45) is 4.99 Å². The van der Waals surface area contributed by atoms with Crippen molar-refractivity contribution in [3.63, 3.8) is 0 Å². The number of rotatable bonds is 7. The second-order valence-corrected chi connectivity index (χ2v) is 6.66. The van der Waals surface area contributed by atoms with Crippen LogP contribution in [0.2, 0.25) is 0 Å². The summed E-state index contributed by atoms with van der Waals surface area (Å²) in [5.41, 5.74) is 0. The molecule has 0 radical (unpaired) electrons. The maximum absolute atomic E-state index is 9.51. The van der Waals surface area contributed by atoms with Crippen LogP contribution >= 0.6 is 35.3 Å². The summed E-state index contributed by atoms with van der Waals surface area (Å²) in [6, 6.07) is 4.17. The van der Waals surface area contributed by atoms with Gasteiger partial charge >= 0.3 is 0 Å². The summed E-state index contributed by atoms with van der Waals surface area (Å²) in [4.78, 5) is 8.32. The molecule has 3 N–H and O–H groups in total. The fraction of sp³-hybridized carbons (Fsp3) is 0.688. The number of aliphatic hydroxyl groups excluding tert-OH is 1. The minimum Gasteiger partial charge on any atom is -0.393 e. The summed E-state index contributed by atoms with van der Waals surface area (Å²) >= 11 is 1.74. The number of halogens is 1. The summed E-state index contributed by atoms with van der Waals surface area (Å²) in [6.07, 6.45) is 2.84. The van der Waals surface area contributed by atoms with E-state index < -0.39 is 0 Å². The van der Waals surface area contributed by atoms with Gasteiger partial charge in [0.1, 0.15) is 0 Å². The Labute approximate surface area is 160 Å². The molecular formula is C16H29IN4OS. The first-order valence-corrected chi connectivity index (χ1v) is 9.11. The molecule has 23 heavy (non-hydrogen) atoms. The van der Waals surface area contributed by atoms with Crippen LogP contribution in [0.1, 0.15) is 31.1 Å². The van der Waals surface area contributed by atoms with Gasteiger partial charge in [-0.3, -0.25) is 0 Å². The van der Waals surface area contributed by atoms with Crippen molar-refractivity contribution in [3.8, 4) is 0 Å². The van der Waals surface area contributed by atoms with Crippen LogP contribution in [-0.4, -0.2) is 54.8 Å². The molecule has 0 spiro atoms. The molecule has 5 nitrogen and oxygen atoms in total. The predicted octanol–water partition coefficient (Wildman–Crippen LogP) is 2.27. The van der Waals surface area contributed by atoms with E-state index in [4.69, 9.17) is 0 Å². The van der Waals surface area contributed by atoms with Crippen LogP contribution in [0.3, 0.4) is 0 Å². The van der Waals surface area contributed by atoms with E-state index in [9.17, 15) is 5.11 Å². The van der Waals surface area contributed by atoms with Gasteiger partial charge in [-0.05, 0) is 44.2 Å². The molecule has 2 rings (SSSR count). The van der Waals surface area contributed by atoms with Crippen molar-refractivity contribution < 1.29 is 5.11 Å². The monoisotopic (exact) mass is 452 g/mol. The number of hydrogen-bond donors (Lipinski definition) is 3. The third-order valence-electron chi connectivity index (χ3n) is 3.82. The van der Waals surface area contributed by atoms with Crippen LogP contribution in [0.5, 0.6) is 0 Å². The molecule has 0 aliphatic carbocycles. The summed E-state index contributed by atoms with van der Waals surface area (Å²) in [6.45, 7) is 7.75. The van der Waals surface area contributed by atoms with Gasteiger partial charge in [0, 0.05) is 31.1 Å². The smallest absolute Gasteiger partial charge is 0.191 e. The standard InChI is InChI=1S/C16H28N4OS.HI/c1-2-17-16(19-13-15-5-3-12-22-15)18-8-4-9-20-10-6-14(21)7-11-20;/h3,5,12,14,21H,2,4,6-11,13H2,1H3,(H2,17,18,19);1H. The van der Waals surface area contributed by atoms with Crippen LogP contribution in [0, 0.1) is 0 Å². The third kappa shape index (κ3) is 8.32. The van der Waals surface area contributed by atoms with Crippen LogP contribution in [-0.2, 0) is 6.54 Å². The van der Waals surface area contributed by atoms with E-state index >= 15 is 0 Å². The van der Waals surface area contributed by atoms with E-state index in [1.54, 1.807) is 11.3 Å². The second kappa shape index (κ2) is 12.0. The molecular weight excluding hydrogens is 423 g/mol. The van der Waals surface area contributed by atoms with E-state index in [0.717, 1.165) is 64.5 Å². The van der Waals surface area contributed by atoms with Crippen molar-refractivity contribution in [3.05, 3.63) is 22.4 Å². The summed E-state index contributed by atoms with van der Waals surface area (Å²) in [5, 5.41) is 18.3. The van der Waals surface area contributed by atoms with Gasteiger partial charge in [0.05, 0.1) is 12.6 Å². The van der Waals surface area contributed by atoms with E-state index in [0.29, 0.717) is 0 Å². The first-order valence-electron chi connectivity index (χ1n) is 8.23. The number of thiophene rings is 1. The van der Waals surface area contributed by atoms with E-state index in [-0.39, 0.29) is 30.1 Å². The Morgan fingerprint density at radius 3 is 2.83 bits per heavy atom. The van der Waals surface area contributed by atoms with Gasteiger partial charge in [0.25, 0.3) is 0 Å². The number of guanidine groups is 1. The minimum atomic E-state index is -0.0842. The zero-order chi connectivity index (χ0) is 15.6. The summed E-state index contributed by atoms with van der Waals surface area (Å²) in [7, 11) is 0. The first-order chi connectivity index (χ1) is 10.8. The lowest BCUT2D eigenvalue weighted by molar-refractivity contribution is 0.0823. The quantitative estimate of drug-likeness (QED) is 0.257. The van der Waals surface area contributed by atoms with E-state index in [2.05, 4.69) is 45.0 Å². The number of aliphatic hydroxyl groups is 1. The summed E-state index contributed by atoms with van der Waals surface area (Å²) < 4.78 is 0. The normalized spacial score (nSPS) is 16.9. The second-order valence-electron chi connectivity index (χ2n) is 5.63. The van der Waals surface area contributed by atoms with Crippen LogP contribution in [0.15, 0.2) is 22.5 Å². The molecule has 0 atom stereocenters. The number of nitrogens with one attached hydrogen (secondary N) is 2. The SMILES string of the molecule is CCNC(=NCc1cccs1)NCCCN1CCC(O)CC1.I. The zero-order valence-electron chi connectivity index (χ0n) is 13.8. The molecule has 7 heteroatoms. The Bertz CT molecular complexity index is 433. The Kier molecular flexibility index (Phi) is 10.8. The average molecular weight is 452 g/mol. The molecule has 1 aromatic rings. The van der Waals surface area contributed by atoms with Crippen molar-refractivity contribution in [2.45, 2.75) is 38.8 Å². The molecule has 0 amide bonds. The number of likely N-dealkylation sites (tertiary alicyclic amines) is 1. The number of aliphatic imine (C=N–C) groups is 1. The van der Waals surface area contributed by atoms with Crippen LogP contribution in [0.4, 0.5) is 0 Å². The lowest BCUT2D eigenvalue weighted by Crippen LogP contribution is -2.40. The fourth-order valence-electron chi connectivity index (χ4n) is 2.55. The van der Waals surface area contributed by atoms with Gasteiger partial charge in [0.2, 0.25) is 0 Å². The van der Waals surface area contributed by atoms with Crippen molar-refractivity contribution >= 4 is 41.3 Å². The van der Waals surface area contributed by atoms with E-state index in [1.807, 2.05) is 0 Å². The Balaban J connectivity index is 0.00000264. The molecule has 132 valence electrons. The molecule has 1 aromatic heterocycles. The number of nitrogens with zero attached hydrogens (tertiary/aromatic N) is 2. The number of hydrogen-bond acceptors (Lipinski definition) is 4. The van der Waals surface area contributed by atoms with Crippen LogP contribution in [0.25, 0.3) is 0 Å². The highest BCUT2D eigenvalue weighted by atomic mass is 127. The maximum atomic E-state index is 9.51. The molecule has 0 saturated carbocycles. The first kappa shape index (κ1) is 20.7. The van der Waals surface area contributed by atoms with Crippen LogP contribution < -0.4 is 10.6 Å². The molecule has 0 unspecified atom stereocenters. The molecule has 0 aromatic carbocycles. The van der Waals surface area contributed by atoms with Crippen molar-refractivity contribution in [1.29, 1.82) is 0 Å². The molecule has 1 saturated heterocycles. The molecule has 0 bridgehead atoms. The molecule has 1 aliphatic heterocycles. The number of piperidine rings is 1. The van der Waals surface area contributed by atoms with Gasteiger partial charge in [-0.25, -0.2) is 4.99 Å². The lowest BCUT2D eigenvalue weighted by atomic mass is 10.1. The highest BCUT2D eigenvalue weighted by Crippen LogP contribution is 2.10. The Morgan fingerprint density at radius 2 is 2.17 bits per heavy atom. The topological polar surface area (TPSA) is 59.9 Å². The predicted molar refractivity (Wildman–Crippen MR) is 109 cm³/mol. The lowest BCUT2D eigenvalue weighted by Gasteiger charge is -2.29. The van der Waals surface area contributed by atoms with Gasteiger partial charge in [-0.2, -0.15) is 0 Å². The maximum Gasteiger partial charge on any atom is 0.191 e. The molecule has 2 heterocycles. The van der Waals surface area contributed by atoms with Gasteiger partial charge in [-0.15, -0.1) is 35.3 Å². The van der Waals surface area contributed by atoms with Crippen molar-refractivity contribution in [2.75, 3.05) is 32.7 Å². The molecule has 1 fully saturated rings.